The summed E-state index contributed by atoms with van der Waals surface area (Å²) < 4.78 is 0. The molecule has 5 N–H and O–H groups in total. The Labute approximate surface area is 106 Å². The van der Waals surface area contributed by atoms with Crippen molar-refractivity contribution in [3.8, 4) is 5.75 Å². The Morgan fingerprint density at radius 3 is 2.78 bits per heavy atom. The highest BCUT2D eigenvalue weighted by Gasteiger charge is 2.25. The number of amides is 1. The van der Waals surface area contributed by atoms with Gasteiger partial charge in [0.25, 0.3) is 5.91 Å². The van der Waals surface area contributed by atoms with Gasteiger partial charge in [0, 0.05) is 0 Å². The summed E-state index contributed by atoms with van der Waals surface area (Å²) in [5, 5.41) is 22.3. The SMILES string of the molecule is Nc1cccc(C(=O)N[C@@H]2CCCC[C@@H]2O)c1O. The van der Waals surface area contributed by atoms with Gasteiger partial charge >= 0.3 is 0 Å². The molecule has 0 aromatic heterocycles. The zero-order valence-electron chi connectivity index (χ0n) is 10.1. The van der Waals surface area contributed by atoms with Crippen LogP contribution >= 0.6 is 0 Å². The van der Waals surface area contributed by atoms with E-state index in [0.717, 1.165) is 19.3 Å². The molecule has 0 aliphatic heterocycles. The fourth-order valence-corrected chi connectivity index (χ4v) is 2.27. The molecule has 0 saturated heterocycles. The van der Waals surface area contributed by atoms with Crippen molar-refractivity contribution in [3.63, 3.8) is 0 Å². The lowest BCUT2D eigenvalue weighted by Crippen LogP contribution is -2.45. The highest BCUT2D eigenvalue weighted by Crippen LogP contribution is 2.25. The molecule has 5 nitrogen and oxygen atoms in total. The van der Waals surface area contributed by atoms with Crippen LogP contribution in [0.5, 0.6) is 5.75 Å². The summed E-state index contributed by atoms with van der Waals surface area (Å²) in [5.41, 5.74) is 5.86. The normalized spacial score (nSPS) is 23.6. The van der Waals surface area contributed by atoms with Gasteiger partial charge in [-0.2, -0.15) is 0 Å². The van der Waals surface area contributed by atoms with Crippen molar-refractivity contribution in [1.82, 2.24) is 5.32 Å². The smallest absolute Gasteiger partial charge is 0.255 e. The van der Waals surface area contributed by atoms with Crippen LogP contribution in [0.3, 0.4) is 0 Å². The third-order valence-electron chi connectivity index (χ3n) is 3.36. The van der Waals surface area contributed by atoms with Crippen LogP contribution in [0.25, 0.3) is 0 Å². The lowest BCUT2D eigenvalue weighted by atomic mass is 9.92. The number of rotatable bonds is 2. The number of hydrogen-bond donors (Lipinski definition) is 4. The second-order valence-corrected chi connectivity index (χ2v) is 4.68. The predicted octanol–water partition coefficient (Wildman–Crippen LogP) is 1.01. The third kappa shape index (κ3) is 2.56. The lowest BCUT2D eigenvalue weighted by Gasteiger charge is -2.28. The van der Waals surface area contributed by atoms with E-state index in [-0.39, 0.29) is 23.0 Å². The molecule has 0 bridgehead atoms. The molecule has 5 heteroatoms. The Kier molecular flexibility index (Phi) is 3.72. The average molecular weight is 250 g/mol. The van der Waals surface area contributed by atoms with Crippen LogP contribution in [0.1, 0.15) is 36.0 Å². The summed E-state index contributed by atoms with van der Waals surface area (Å²) in [6, 6.07) is 4.41. The quantitative estimate of drug-likeness (QED) is 0.465. The van der Waals surface area contributed by atoms with Crippen LogP contribution in [-0.2, 0) is 0 Å². The molecule has 1 aromatic carbocycles. The van der Waals surface area contributed by atoms with Crippen molar-refractivity contribution in [2.24, 2.45) is 0 Å². The van der Waals surface area contributed by atoms with Gasteiger partial charge < -0.3 is 21.3 Å². The monoisotopic (exact) mass is 250 g/mol. The van der Waals surface area contributed by atoms with Crippen molar-refractivity contribution in [3.05, 3.63) is 23.8 Å². The molecule has 2 atom stereocenters. The molecule has 1 aliphatic carbocycles. The van der Waals surface area contributed by atoms with E-state index in [4.69, 9.17) is 5.73 Å². The molecule has 0 heterocycles. The first-order chi connectivity index (χ1) is 8.59. The van der Waals surface area contributed by atoms with Crippen molar-refractivity contribution >= 4 is 11.6 Å². The van der Waals surface area contributed by atoms with Crippen LogP contribution in [0.2, 0.25) is 0 Å². The Hall–Kier alpha value is -1.75. The second kappa shape index (κ2) is 5.27. The van der Waals surface area contributed by atoms with Gasteiger partial charge in [-0.3, -0.25) is 4.79 Å². The first-order valence-corrected chi connectivity index (χ1v) is 6.16. The van der Waals surface area contributed by atoms with Gasteiger partial charge in [-0.1, -0.05) is 18.9 Å². The van der Waals surface area contributed by atoms with Crippen molar-refractivity contribution in [1.29, 1.82) is 0 Å². The van der Waals surface area contributed by atoms with E-state index in [1.54, 1.807) is 6.07 Å². The first-order valence-electron chi connectivity index (χ1n) is 6.16. The summed E-state index contributed by atoms with van der Waals surface area (Å²) in [7, 11) is 0. The van der Waals surface area contributed by atoms with Gasteiger partial charge in [0.1, 0.15) is 0 Å². The van der Waals surface area contributed by atoms with Gasteiger partial charge in [0.05, 0.1) is 23.4 Å². The number of para-hydroxylation sites is 1. The van der Waals surface area contributed by atoms with Gasteiger partial charge in [-0.25, -0.2) is 0 Å². The molecule has 18 heavy (non-hydrogen) atoms. The van der Waals surface area contributed by atoms with Crippen molar-refractivity contribution in [2.45, 2.75) is 37.8 Å². The maximum atomic E-state index is 12.0. The van der Waals surface area contributed by atoms with E-state index in [1.807, 2.05) is 0 Å². The fourth-order valence-electron chi connectivity index (χ4n) is 2.27. The summed E-state index contributed by atoms with van der Waals surface area (Å²) in [6.45, 7) is 0. The van der Waals surface area contributed by atoms with Crippen LogP contribution in [0.4, 0.5) is 5.69 Å². The second-order valence-electron chi connectivity index (χ2n) is 4.68. The van der Waals surface area contributed by atoms with Gasteiger partial charge in [-0.05, 0) is 25.0 Å². The Morgan fingerprint density at radius 1 is 1.33 bits per heavy atom. The number of aliphatic hydroxyl groups is 1. The number of phenols is 1. The fraction of sp³-hybridized carbons (Fsp3) is 0.462. The first kappa shape index (κ1) is 12.7. The van der Waals surface area contributed by atoms with Crippen LogP contribution < -0.4 is 11.1 Å². The number of benzene rings is 1. The Balaban J connectivity index is 2.09. The van der Waals surface area contributed by atoms with Crippen LogP contribution in [-0.4, -0.2) is 28.3 Å². The molecule has 1 saturated carbocycles. The van der Waals surface area contributed by atoms with Crippen molar-refractivity contribution in [2.75, 3.05) is 5.73 Å². The number of aromatic hydroxyl groups is 1. The van der Waals surface area contributed by atoms with E-state index < -0.39 is 12.0 Å². The maximum Gasteiger partial charge on any atom is 0.255 e. The molecular weight excluding hydrogens is 232 g/mol. The molecule has 98 valence electrons. The summed E-state index contributed by atoms with van der Waals surface area (Å²) >= 11 is 0. The Bertz CT molecular complexity index is 448. The highest BCUT2D eigenvalue weighted by molar-refractivity contribution is 5.98. The van der Waals surface area contributed by atoms with E-state index in [9.17, 15) is 15.0 Å². The minimum absolute atomic E-state index is 0.146. The predicted molar refractivity (Wildman–Crippen MR) is 68.2 cm³/mol. The van der Waals surface area contributed by atoms with Crippen LogP contribution in [0.15, 0.2) is 18.2 Å². The minimum atomic E-state index is -0.508. The number of nitrogens with one attached hydrogen (secondary N) is 1. The topological polar surface area (TPSA) is 95.6 Å². The molecule has 1 amide bonds. The summed E-state index contributed by atoms with van der Waals surface area (Å²) in [4.78, 5) is 12.0. The lowest BCUT2D eigenvalue weighted by molar-refractivity contribution is 0.0715. The highest BCUT2D eigenvalue weighted by atomic mass is 16.3. The molecule has 0 spiro atoms. The molecule has 0 unspecified atom stereocenters. The largest absolute Gasteiger partial charge is 0.505 e. The Morgan fingerprint density at radius 2 is 2.06 bits per heavy atom. The number of carbonyl (C=O) groups is 1. The minimum Gasteiger partial charge on any atom is -0.505 e. The average Bonchev–Trinajstić information content (AvgIpc) is 2.35. The van der Waals surface area contributed by atoms with Gasteiger partial charge in [0.15, 0.2) is 5.75 Å². The number of hydrogen-bond acceptors (Lipinski definition) is 4. The zero-order chi connectivity index (χ0) is 13.1. The maximum absolute atomic E-state index is 12.0. The number of nitrogens with two attached hydrogens (primary N) is 1. The number of nitrogen functional groups attached to an aromatic ring is 1. The summed E-state index contributed by atoms with van der Waals surface area (Å²) in [5.74, 6) is -0.606. The van der Waals surface area contributed by atoms with E-state index in [1.165, 1.54) is 12.1 Å². The number of phenolic OH excluding ortho intramolecular Hbond substituents is 1. The molecule has 1 aromatic rings. The molecule has 2 rings (SSSR count). The molecule has 0 radical (unpaired) electrons. The van der Waals surface area contributed by atoms with E-state index >= 15 is 0 Å². The van der Waals surface area contributed by atoms with Gasteiger partial charge in [-0.15, -0.1) is 0 Å². The standard InChI is InChI=1S/C13H18N2O3/c14-9-5-3-4-8(12(9)17)13(18)15-10-6-1-2-7-11(10)16/h3-5,10-11,16-17H,1-2,6-7,14H2,(H,15,18)/t10-,11+/m1/s1. The third-order valence-corrected chi connectivity index (χ3v) is 3.36. The zero-order valence-corrected chi connectivity index (χ0v) is 10.1. The van der Waals surface area contributed by atoms with Crippen molar-refractivity contribution < 1.29 is 15.0 Å². The van der Waals surface area contributed by atoms with Crippen LogP contribution in [0, 0.1) is 0 Å². The molecule has 1 aliphatic rings. The number of aliphatic hydroxyl groups excluding tert-OH is 1. The van der Waals surface area contributed by atoms with Gasteiger partial charge in [0.2, 0.25) is 0 Å². The molecular formula is C13H18N2O3. The summed E-state index contributed by atoms with van der Waals surface area (Å²) in [6.07, 6.45) is 2.93. The van der Waals surface area contributed by atoms with E-state index in [2.05, 4.69) is 5.32 Å². The number of anilines is 1. The number of carbonyl (C=O) groups excluding carboxylic acids is 1. The molecule has 1 fully saturated rings. The van der Waals surface area contributed by atoms with E-state index in [0.29, 0.717) is 6.42 Å².